The molecule has 0 saturated carbocycles. The van der Waals surface area contributed by atoms with Crippen molar-refractivity contribution in [1.82, 2.24) is 0 Å². The zero-order valence-corrected chi connectivity index (χ0v) is 39.7. The van der Waals surface area contributed by atoms with Crippen molar-refractivity contribution in [3.05, 3.63) is 128 Å². The molecular formula is C50H65Cl2SiZr. The molecule has 4 aromatic carbocycles. The molecule has 0 amide bonds. The van der Waals surface area contributed by atoms with Crippen molar-refractivity contribution in [1.29, 1.82) is 0 Å². The molecule has 0 aromatic heterocycles. The fourth-order valence-electron chi connectivity index (χ4n) is 10.2. The molecular weight excluding hydrogens is 791 g/mol. The van der Waals surface area contributed by atoms with Crippen LogP contribution in [-0.2, 0) is 41.2 Å². The molecule has 2 aliphatic rings. The van der Waals surface area contributed by atoms with Gasteiger partial charge < -0.3 is 0 Å². The molecule has 2 unspecified atom stereocenters. The molecule has 0 saturated heterocycles. The van der Waals surface area contributed by atoms with E-state index in [2.05, 4.69) is 140 Å². The summed E-state index contributed by atoms with van der Waals surface area (Å²) in [7, 11) is 18.0. The Morgan fingerprint density at radius 2 is 0.907 bits per heavy atom. The predicted molar refractivity (Wildman–Crippen MR) is 242 cm³/mol. The fourth-order valence-corrected chi connectivity index (χ4v) is 41.7. The Morgan fingerprint density at radius 3 is 1.26 bits per heavy atom. The van der Waals surface area contributed by atoms with Crippen molar-refractivity contribution in [3.8, 4) is 22.3 Å². The number of halogens is 2. The Balaban J connectivity index is 1.67. The zero-order valence-electron chi connectivity index (χ0n) is 34.6. The van der Waals surface area contributed by atoms with E-state index in [1.165, 1.54) is 77.9 Å². The summed E-state index contributed by atoms with van der Waals surface area (Å²) in [5, 5.41) is 0. The van der Waals surface area contributed by atoms with Crippen molar-refractivity contribution in [2.24, 2.45) is 0 Å². The Kier molecular flexibility index (Phi) is 13.6. The van der Waals surface area contributed by atoms with Gasteiger partial charge in [-0.05, 0) is 0 Å². The van der Waals surface area contributed by atoms with E-state index in [9.17, 15) is 0 Å². The van der Waals surface area contributed by atoms with E-state index in [1.54, 1.807) is 0 Å². The normalized spacial score (nSPS) is 17.3. The maximum atomic E-state index is 9.02. The van der Waals surface area contributed by atoms with Crippen LogP contribution in [-0.4, -0.2) is 5.92 Å². The number of benzene rings is 4. The molecule has 0 bridgehead atoms. The molecule has 2 aliphatic carbocycles. The van der Waals surface area contributed by atoms with Crippen molar-refractivity contribution >= 4 is 35.1 Å². The SMILES string of the molecule is CCCCC1=Cc2c(ccc(CCC)c2-c2ccccc2CC)[CH]1[Zr]([Cl])([Cl])([CH]1C(CCCC)=Cc2c1ccc(CCC)c2-c1ccccc1CC)[SiH](C)C. The Hall–Kier alpha value is -1.96. The van der Waals surface area contributed by atoms with Gasteiger partial charge in [-0.25, -0.2) is 0 Å². The summed E-state index contributed by atoms with van der Waals surface area (Å²) in [5.74, 6) is -1.69. The van der Waals surface area contributed by atoms with Gasteiger partial charge in [0.1, 0.15) is 0 Å². The van der Waals surface area contributed by atoms with Crippen LogP contribution in [0.25, 0.3) is 34.4 Å². The molecule has 54 heavy (non-hydrogen) atoms. The van der Waals surface area contributed by atoms with Crippen molar-refractivity contribution in [2.45, 2.75) is 139 Å². The number of aryl methyl sites for hydroxylation is 4. The van der Waals surface area contributed by atoms with Crippen LogP contribution in [0.3, 0.4) is 0 Å². The molecule has 0 aliphatic heterocycles. The van der Waals surface area contributed by atoms with Gasteiger partial charge in [-0.3, -0.25) is 0 Å². The number of allylic oxidation sites excluding steroid dienone is 2. The van der Waals surface area contributed by atoms with Gasteiger partial charge in [-0.15, -0.1) is 0 Å². The Bertz CT molecular complexity index is 1900. The van der Waals surface area contributed by atoms with Crippen molar-refractivity contribution in [3.63, 3.8) is 0 Å². The molecule has 2 atom stereocenters. The second-order valence-electron chi connectivity index (χ2n) is 16.6. The number of hydrogen-bond acceptors (Lipinski definition) is 0. The van der Waals surface area contributed by atoms with Crippen LogP contribution in [0.4, 0.5) is 0 Å². The summed E-state index contributed by atoms with van der Waals surface area (Å²) in [5.41, 5.74) is 20.2. The molecule has 0 N–H and O–H groups in total. The van der Waals surface area contributed by atoms with Crippen molar-refractivity contribution < 1.29 is 15.6 Å². The van der Waals surface area contributed by atoms with E-state index >= 15 is 0 Å². The average Bonchev–Trinajstić information content (AvgIpc) is 3.76. The molecule has 4 heteroatoms. The molecule has 0 fully saturated rings. The van der Waals surface area contributed by atoms with Gasteiger partial charge in [0.25, 0.3) is 0 Å². The molecule has 0 spiro atoms. The van der Waals surface area contributed by atoms with Crippen LogP contribution in [0.1, 0.15) is 145 Å². The third kappa shape index (κ3) is 7.34. The third-order valence-electron chi connectivity index (χ3n) is 13.0. The fraction of sp³-hybridized carbons (Fsp3) is 0.440. The third-order valence-corrected chi connectivity index (χ3v) is 64.8. The second kappa shape index (κ2) is 17.7. The van der Waals surface area contributed by atoms with E-state index in [0.29, 0.717) is 0 Å². The summed E-state index contributed by atoms with van der Waals surface area (Å²) in [6.45, 7) is 18.9. The first-order chi connectivity index (χ1) is 26.1. The van der Waals surface area contributed by atoms with Crippen LogP contribution >= 0.6 is 17.0 Å². The zero-order chi connectivity index (χ0) is 38.6. The van der Waals surface area contributed by atoms with Gasteiger partial charge in [0.2, 0.25) is 0 Å². The summed E-state index contributed by atoms with van der Waals surface area (Å²) in [4.78, 5) is 0. The maximum absolute atomic E-state index is 9.02. The topological polar surface area (TPSA) is 0 Å². The molecule has 0 nitrogen and oxygen atoms in total. The molecule has 0 heterocycles. The van der Waals surface area contributed by atoms with Crippen molar-refractivity contribution in [2.75, 3.05) is 0 Å². The van der Waals surface area contributed by atoms with Crippen LogP contribution in [0.15, 0.2) is 83.9 Å². The predicted octanol–water partition coefficient (Wildman–Crippen LogP) is 16.0. The van der Waals surface area contributed by atoms with E-state index in [4.69, 9.17) is 17.0 Å². The summed E-state index contributed by atoms with van der Waals surface area (Å²) < 4.78 is 0.239. The summed E-state index contributed by atoms with van der Waals surface area (Å²) >= 11 is -4.97. The van der Waals surface area contributed by atoms with E-state index < -0.39 is 21.5 Å². The molecule has 4 aromatic rings. The monoisotopic (exact) mass is 853 g/mol. The number of unbranched alkanes of at least 4 members (excludes halogenated alkanes) is 2. The standard InChI is InChI=1S/2C24H29.C2H7Si.2ClH.Zr/c2*1-4-7-11-18-16-21-15-14-20(10-5-2)24(23(21)17-18)22-13-9-8-12-19(22)6-3;1-3-2;;;/h2*8-9,12-17H,4-7,10-11H2,1-3H3;3H,1-2H3;2*1H;/q;;;;;+2/p-2. The van der Waals surface area contributed by atoms with Gasteiger partial charge >= 0.3 is 340 Å². The van der Waals surface area contributed by atoms with Gasteiger partial charge in [-0.2, -0.15) is 0 Å². The Morgan fingerprint density at radius 1 is 0.500 bits per heavy atom. The minimum absolute atomic E-state index is 0.119. The number of fused-ring (bicyclic) bond motifs is 2. The summed E-state index contributed by atoms with van der Waals surface area (Å²) in [6.07, 6.45) is 18.4. The van der Waals surface area contributed by atoms with E-state index in [0.717, 1.165) is 77.0 Å². The van der Waals surface area contributed by atoms with Crippen LogP contribution in [0.5, 0.6) is 0 Å². The minimum atomic E-state index is -4.97. The number of hydrogen-bond donors (Lipinski definition) is 0. The Labute approximate surface area is 337 Å². The van der Waals surface area contributed by atoms with Crippen LogP contribution in [0, 0.1) is 0 Å². The van der Waals surface area contributed by atoms with Gasteiger partial charge in [0.15, 0.2) is 0 Å². The summed E-state index contributed by atoms with van der Waals surface area (Å²) in [6, 6.07) is 28.2. The first kappa shape index (κ1) is 41.7. The van der Waals surface area contributed by atoms with Gasteiger partial charge in [0, 0.05) is 0 Å². The van der Waals surface area contributed by atoms with Gasteiger partial charge in [-0.1, -0.05) is 0 Å². The molecule has 287 valence electrons. The average molecular weight is 856 g/mol. The number of rotatable bonds is 17. The van der Waals surface area contributed by atoms with Gasteiger partial charge in [0.05, 0.1) is 0 Å². The van der Waals surface area contributed by atoms with Crippen LogP contribution in [0.2, 0.25) is 13.1 Å². The van der Waals surface area contributed by atoms with Crippen LogP contribution < -0.4 is 0 Å². The van der Waals surface area contributed by atoms with E-state index in [1.807, 2.05) is 0 Å². The second-order valence-corrected chi connectivity index (χ2v) is 59.1. The quantitative estimate of drug-likeness (QED) is 0.0928. The molecule has 0 radical (unpaired) electrons. The van der Waals surface area contributed by atoms with E-state index in [-0.39, 0.29) is 7.25 Å². The first-order valence-corrected chi connectivity index (χ1v) is 37.9. The molecule has 6 rings (SSSR count). The first-order valence-electron chi connectivity index (χ1n) is 21.5.